The van der Waals surface area contributed by atoms with E-state index in [0.717, 1.165) is 25.5 Å². The average molecular weight is 295 g/mol. The van der Waals surface area contributed by atoms with Crippen molar-refractivity contribution < 1.29 is 13.5 Å². The maximum atomic E-state index is 13.9. The third-order valence-corrected chi connectivity index (χ3v) is 5.19. The molecule has 116 valence electrons. The summed E-state index contributed by atoms with van der Waals surface area (Å²) >= 11 is 0. The lowest BCUT2D eigenvalue weighted by Gasteiger charge is -2.60. The SMILES string of the molecule is CC(NC1C2CCCOC2C1(C)C)c1cc(F)ccc1F. The van der Waals surface area contributed by atoms with E-state index >= 15 is 0 Å². The van der Waals surface area contributed by atoms with Gasteiger partial charge < -0.3 is 10.1 Å². The molecule has 0 radical (unpaired) electrons. The van der Waals surface area contributed by atoms with E-state index in [1.165, 1.54) is 12.1 Å². The van der Waals surface area contributed by atoms with Crippen LogP contribution in [0.2, 0.25) is 0 Å². The van der Waals surface area contributed by atoms with Crippen LogP contribution in [0.4, 0.5) is 8.78 Å². The number of benzene rings is 1. The molecule has 1 saturated carbocycles. The van der Waals surface area contributed by atoms with E-state index in [9.17, 15) is 8.78 Å². The van der Waals surface area contributed by atoms with Gasteiger partial charge in [0, 0.05) is 35.6 Å². The first-order chi connectivity index (χ1) is 9.91. The average Bonchev–Trinajstić information content (AvgIpc) is 2.47. The van der Waals surface area contributed by atoms with Crippen molar-refractivity contribution in [3.63, 3.8) is 0 Å². The molecule has 3 rings (SSSR count). The molecule has 1 saturated heterocycles. The fourth-order valence-corrected chi connectivity index (χ4v) is 4.07. The van der Waals surface area contributed by atoms with Gasteiger partial charge in [-0.25, -0.2) is 8.78 Å². The largest absolute Gasteiger partial charge is 0.377 e. The Bertz CT molecular complexity index is 532. The summed E-state index contributed by atoms with van der Waals surface area (Å²) in [5.74, 6) is -0.274. The van der Waals surface area contributed by atoms with Crippen molar-refractivity contribution in [1.82, 2.24) is 5.32 Å². The summed E-state index contributed by atoms with van der Waals surface area (Å²) < 4.78 is 33.1. The normalized spacial score (nSPS) is 32.1. The minimum atomic E-state index is -0.396. The standard InChI is InChI=1S/C17H23F2NO/c1-10(13-9-11(18)6-7-14(13)19)20-15-12-5-4-8-21-16(12)17(15,2)3/h6-7,9-10,12,15-16,20H,4-5,8H2,1-3H3. The molecule has 1 aromatic rings. The van der Waals surface area contributed by atoms with Crippen LogP contribution in [0.15, 0.2) is 18.2 Å². The van der Waals surface area contributed by atoms with Gasteiger partial charge in [0.25, 0.3) is 0 Å². The van der Waals surface area contributed by atoms with Crippen molar-refractivity contribution in [2.24, 2.45) is 11.3 Å². The lowest BCUT2D eigenvalue weighted by molar-refractivity contribution is -0.194. The number of ether oxygens (including phenoxy) is 1. The van der Waals surface area contributed by atoms with Crippen LogP contribution in [0.1, 0.15) is 45.2 Å². The third-order valence-electron chi connectivity index (χ3n) is 5.19. The topological polar surface area (TPSA) is 21.3 Å². The van der Waals surface area contributed by atoms with Gasteiger partial charge in [-0.2, -0.15) is 0 Å². The zero-order chi connectivity index (χ0) is 15.2. The van der Waals surface area contributed by atoms with Crippen LogP contribution in [0.25, 0.3) is 0 Å². The summed E-state index contributed by atoms with van der Waals surface area (Å²) in [6, 6.07) is 3.70. The summed E-state index contributed by atoms with van der Waals surface area (Å²) in [4.78, 5) is 0. The van der Waals surface area contributed by atoms with Gasteiger partial charge in [-0.15, -0.1) is 0 Å². The molecule has 2 aliphatic rings. The molecule has 1 N–H and O–H groups in total. The van der Waals surface area contributed by atoms with Crippen molar-refractivity contribution in [2.75, 3.05) is 6.61 Å². The molecule has 4 heteroatoms. The molecule has 0 amide bonds. The van der Waals surface area contributed by atoms with Gasteiger partial charge in [0.1, 0.15) is 11.6 Å². The molecule has 0 bridgehead atoms. The van der Waals surface area contributed by atoms with Crippen LogP contribution >= 0.6 is 0 Å². The highest BCUT2D eigenvalue weighted by Crippen LogP contribution is 2.51. The highest BCUT2D eigenvalue weighted by atomic mass is 19.1. The summed E-state index contributed by atoms with van der Waals surface area (Å²) in [6.07, 6.45) is 2.51. The molecule has 1 aromatic carbocycles. The van der Waals surface area contributed by atoms with E-state index in [1.807, 2.05) is 6.92 Å². The Morgan fingerprint density at radius 3 is 2.86 bits per heavy atom. The first-order valence-corrected chi connectivity index (χ1v) is 7.74. The van der Waals surface area contributed by atoms with Crippen LogP contribution < -0.4 is 5.32 Å². The predicted molar refractivity (Wildman–Crippen MR) is 77.9 cm³/mol. The number of hydrogen-bond donors (Lipinski definition) is 1. The van der Waals surface area contributed by atoms with Gasteiger partial charge in [0.2, 0.25) is 0 Å². The van der Waals surface area contributed by atoms with E-state index in [4.69, 9.17) is 4.74 Å². The predicted octanol–water partition coefficient (Wildman–Crippen LogP) is 3.82. The van der Waals surface area contributed by atoms with Crippen molar-refractivity contribution in [3.8, 4) is 0 Å². The Labute approximate surface area is 124 Å². The van der Waals surface area contributed by atoms with Crippen LogP contribution in [-0.4, -0.2) is 18.8 Å². The van der Waals surface area contributed by atoms with Gasteiger partial charge in [-0.05, 0) is 38.0 Å². The molecule has 1 aliphatic carbocycles. The van der Waals surface area contributed by atoms with Crippen LogP contribution in [0.3, 0.4) is 0 Å². The first kappa shape index (κ1) is 14.9. The molecular formula is C17H23F2NO. The second kappa shape index (κ2) is 5.33. The van der Waals surface area contributed by atoms with Crippen molar-refractivity contribution >= 4 is 0 Å². The van der Waals surface area contributed by atoms with Crippen molar-refractivity contribution in [2.45, 2.75) is 51.8 Å². The van der Waals surface area contributed by atoms with Crippen molar-refractivity contribution in [3.05, 3.63) is 35.4 Å². The quantitative estimate of drug-likeness (QED) is 0.915. The molecule has 21 heavy (non-hydrogen) atoms. The molecule has 1 heterocycles. The Hall–Kier alpha value is -1.00. The summed E-state index contributed by atoms with van der Waals surface area (Å²) in [5, 5.41) is 3.50. The molecule has 1 aliphatic heterocycles. The second-order valence-electron chi connectivity index (χ2n) is 6.95. The molecule has 4 atom stereocenters. The Balaban J connectivity index is 1.75. The summed E-state index contributed by atoms with van der Waals surface area (Å²) in [6.45, 7) is 7.11. The summed E-state index contributed by atoms with van der Waals surface area (Å²) in [5.41, 5.74) is 0.425. The van der Waals surface area contributed by atoms with Crippen LogP contribution in [0.5, 0.6) is 0 Å². The molecule has 2 nitrogen and oxygen atoms in total. The smallest absolute Gasteiger partial charge is 0.128 e. The van der Waals surface area contributed by atoms with E-state index in [0.29, 0.717) is 11.5 Å². The van der Waals surface area contributed by atoms with Crippen LogP contribution in [0, 0.1) is 23.0 Å². The van der Waals surface area contributed by atoms with Gasteiger partial charge in [-0.3, -0.25) is 0 Å². The summed E-state index contributed by atoms with van der Waals surface area (Å²) in [7, 11) is 0. The minimum absolute atomic E-state index is 0.0309. The number of rotatable bonds is 3. The van der Waals surface area contributed by atoms with E-state index < -0.39 is 5.82 Å². The number of nitrogens with one attached hydrogen (secondary N) is 1. The number of hydrogen-bond acceptors (Lipinski definition) is 2. The monoisotopic (exact) mass is 295 g/mol. The van der Waals surface area contributed by atoms with Gasteiger partial charge in [0.15, 0.2) is 0 Å². The molecule has 0 spiro atoms. The Morgan fingerprint density at radius 1 is 1.33 bits per heavy atom. The Kier molecular flexibility index (Phi) is 3.78. The van der Waals surface area contributed by atoms with Gasteiger partial charge >= 0.3 is 0 Å². The van der Waals surface area contributed by atoms with E-state index in [2.05, 4.69) is 19.2 Å². The lowest BCUT2D eigenvalue weighted by atomic mass is 9.55. The van der Waals surface area contributed by atoms with Gasteiger partial charge in [0.05, 0.1) is 6.10 Å². The maximum absolute atomic E-state index is 13.9. The molecule has 2 fully saturated rings. The number of fused-ring (bicyclic) bond motifs is 1. The zero-order valence-corrected chi connectivity index (χ0v) is 12.8. The Morgan fingerprint density at radius 2 is 2.10 bits per heavy atom. The fourth-order valence-electron chi connectivity index (χ4n) is 4.07. The second-order valence-corrected chi connectivity index (χ2v) is 6.95. The van der Waals surface area contributed by atoms with E-state index in [1.54, 1.807) is 0 Å². The maximum Gasteiger partial charge on any atom is 0.128 e. The highest BCUT2D eigenvalue weighted by Gasteiger charge is 2.57. The highest BCUT2D eigenvalue weighted by molar-refractivity contribution is 5.23. The van der Waals surface area contributed by atoms with E-state index in [-0.39, 0.29) is 29.4 Å². The lowest BCUT2D eigenvalue weighted by Crippen LogP contribution is -2.69. The molecule has 4 unspecified atom stereocenters. The van der Waals surface area contributed by atoms with Gasteiger partial charge in [-0.1, -0.05) is 13.8 Å². The molecular weight excluding hydrogens is 272 g/mol. The van der Waals surface area contributed by atoms with Crippen LogP contribution in [-0.2, 0) is 4.74 Å². The molecule has 0 aromatic heterocycles. The fraction of sp³-hybridized carbons (Fsp3) is 0.647. The zero-order valence-electron chi connectivity index (χ0n) is 12.8. The first-order valence-electron chi connectivity index (χ1n) is 7.74. The number of halogens is 2. The third kappa shape index (κ3) is 2.49. The minimum Gasteiger partial charge on any atom is -0.377 e. The van der Waals surface area contributed by atoms with Crippen molar-refractivity contribution in [1.29, 1.82) is 0 Å².